The lowest BCUT2D eigenvalue weighted by Gasteiger charge is -2.05. The second-order valence-electron chi connectivity index (χ2n) is 2.97. The Labute approximate surface area is 71.2 Å². The molecular weight excluding hydrogens is 152 g/mol. The molecule has 12 heavy (non-hydrogen) atoms. The minimum absolute atomic E-state index is 0.353. The molecule has 0 amide bonds. The molecule has 0 radical (unpaired) electrons. The summed E-state index contributed by atoms with van der Waals surface area (Å²) in [6.45, 7) is 0. The van der Waals surface area contributed by atoms with Gasteiger partial charge in [0.15, 0.2) is 6.29 Å². The van der Waals surface area contributed by atoms with Gasteiger partial charge in [0.25, 0.3) is 0 Å². The minimum Gasteiger partial charge on any atom is -0.490 e. The number of rotatable bonds is 3. The topological polar surface area (TPSA) is 26.3 Å². The van der Waals surface area contributed by atoms with Crippen LogP contribution in [0.4, 0.5) is 0 Å². The van der Waals surface area contributed by atoms with E-state index in [0.29, 0.717) is 11.7 Å². The van der Waals surface area contributed by atoms with Crippen LogP contribution in [0, 0.1) is 0 Å². The molecule has 0 aliphatic heterocycles. The number of carbonyl (C=O) groups excluding carboxylic acids is 1. The number of carbonyl (C=O) groups is 1. The van der Waals surface area contributed by atoms with Gasteiger partial charge in [-0.2, -0.15) is 0 Å². The lowest BCUT2D eigenvalue weighted by molar-refractivity contribution is 0.111. The van der Waals surface area contributed by atoms with Crippen LogP contribution < -0.4 is 4.74 Å². The molecule has 1 fully saturated rings. The first-order valence-electron chi connectivity index (χ1n) is 4.11. The van der Waals surface area contributed by atoms with Crippen LogP contribution >= 0.6 is 0 Å². The summed E-state index contributed by atoms with van der Waals surface area (Å²) in [5, 5.41) is 0. The van der Waals surface area contributed by atoms with Crippen LogP contribution in [-0.4, -0.2) is 12.4 Å². The Morgan fingerprint density at radius 1 is 1.33 bits per heavy atom. The van der Waals surface area contributed by atoms with E-state index in [1.54, 1.807) is 6.07 Å². The van der Waals surface area contributed by atoms with Gasteiger partial charge >= 0.3 is 0 Å². The molecule has 0 N–H and O–H groups in total. The Bertz CT molecular complexity index is 290. The third-order valence-corrected chi connectivity index (χ3v) is 1.86. The maximum absolute atomic E-state index is 10.5. The zero-order chi connectivity index (χ0) is 8.39. The lowest BCUT2D eigenvalue weighted by atomic mass is 10.2. The number of para-hydroxylation sites is 1. The Morgan fingerprint density at radius 3 is 2.75 bits per heavy atom. The summed E-state index contributed by atoms with van der Waals surface area (Å²) in [5.41, 5.74) is 0.643. The second-order valence-corrected chi connectivity index (χ2v) is 2.97. The molecule has 2 rings (SSSR count). The number of benzene rings is 1. The highest BCUT2D eigenvalue weighted by molar-refractivity contribution is 5.79. The Kier molecular flexibility index (Phi) is 1.82. The maximum atomic E-state index is 10.5. The highest BCUT2D eigenvalue weighted by Gasteiger charge is 2.24. The van der Waals surface area contributed by atoms with Gasteiger partial charge in [-0.3, -0.25) is 4.79 Å². The summed E-state index contributed by atoms with van der Waals surface area (Å²) >= 11 is 0. The van der Waals surface area contributed by atoms with E-state index < -0.39 is 0 Å². The molecule has 0 aromatic heterocycles. The summed E-state index contributed by atoms with van der Waals surface area (Å²) in [4.78, 5) is 10.5. The Hall–Kier alpha value is -1.31. The smallest absolute Gasteiger partial charge is 0.153 e. The van der Waals surface area contributed by atoms with Gasteiger partial charge in [0, 0.05) is 0 Å². The molecule has 0 spiro atoms. The van der Waals surface area contributed by atoms with Crippen LogP contribution in [0.2, 0.25) is 0 Å². The molecule has 0 unspecified atom stereocenters. The first-order valence-corrected chi connectivity index (χ1v) is 4.11. The predicted molar refractivity (Wildman–Crippen MR) is 45.5 cm³/mol. The lowest BCUT2D eigenvalue weighted by Crippen LogP contribution is -1.98. The monoisotopic (exact) mass is 162 g/mol. The molecule has 1 aromatic rings. The number of aldehydes is 1. The van der Waals surface area contributed by atoms with Crippen molar-refractivity contribution in [2.24, 2.45) is 0 Å². The molecule has 1 aliphatic rings. The highest BCUT2D eigenvalue weighted by Crippen LogP contribution is 2.28. The Balaban J connectivity index is 2.20. The van der Waals surface area contributed by atoms with E-state index in [2.05, 4.69) is 0 Å². The SMILES string of the molecule is O=Cc1ccccc1OC1CC1. The van der Waals surface area contributed by atoms with Crippen LogP contribution in [0.25, 0.3) is 0 Å². The molecule has 0 bridgehead atoms. The van der Waals surface area contributed by atoms with Crippen LogP contribution in [0.15, 0.2) is 24.3 Å². The van der Waals surface area contributed by atoms with Gasteiger partial charge in [0.1, 0.15) is 5.75 Å². The van der Waals surface area contributed by atoms with Crippen LogP contribution in [0.3, 0.4) is 0 Å². The fourth-order valence-corrected chi connectivity index (χ4v) is 1.05. The van der Waals surface area contributed by atoms with Crippen molar-refractivity contribution in [2.75, 3.05) is 0 Å². The number of ether oxygens (including phenoxy) is 1. The molecule has 0 heterocycles. The van der Waals surface area contributed by atoms with E-state index in [4.69, 9.17) is 4.74 Å². The average Bonchev–Trinajstić information content (AvgIpc) is 2.89. The van der Waals surface area contributed by atoms with Crippen molar-refractivity contribution in [1.82, 2.24) is 0 Å². The third-order valence-electron chi connectivity index (χ3n) is 1.86. The van der Waals surface area contributed by atoms with Crippen LogP contribution in [-0.2, 0) is 0 Å². The van der Waals surface area contributed by atoms with Crippen molar-refractivity contribution in [1.29, 1.82) is 0 Å². The zero-order valence-corrected chi connectivity index (χ0v) is 6.69. The van der Waals surface area contributed by atoms with Crippen LogP contribution in [0.1, 0.15) is 23.2 Å². The summed E-state index contributed by atoms with van der Waals surface area (Å²) < 4.78 is 5.52. The predicted octanol–water partition coefficient (Wildman–Crippen LogP) is 2.04. The number of hydrogen-bond donors (Lipinski definition) is 0. The van der Waals surface area contributed by atoms with Gasteiger partial charge in [-0.05, 0) is 25.0 Å². The summed E-state index contributed by atoms with van der Waals surface area (Å²) in [7, 11) is 0. The minimum atomic E-state index is 0.353. The molecule has 1 saturated carbocycles. The Morgan fingerprint density at radius 2 is 2.08 bits per heavy atom. The van der Waals surface area contributed by atoms with Gasteiger partial charge in [-0.15, -0.1) is 0 Å². The maximum Gasteiger partial charge on any atom is 0.153 e. The van der Waals surface area contributed by atoms with Crippen molar-refractivity contribution in [3.8, 4) is 5.75 Å². The van der Waals surface area contributed by atoms with E-state index in [1.807, 2.05) is 18.2 Å². The van der Waals surface area contributed by atoms with E-state index >= 15 is 0 Å². The van der Waals surface area contributed by atoms with E-state index in [-0.39, 0.29) is 0 Å². The fraction of sp³-hybridized carbons (Fsp3) is 0.300. The molecule has 1 aliphatic carbocycles. The normalized spacial score (nSPS) is 15.7. The highest BCUT2D eigenvalue weighted by atomic mass is 16.5. The molecular formula is C10H10O2. The quantitative estimate of drug-likeness (QED) is 0.636. The molecule has 2 heteroatoms. The standard InChI is InChI=1S/C10H10O2/c11-7-8-3-1-2-4-10(8)12-9-5-6-9/h1-4,7,9H,5-6H2. The van der Waals surface area contributed by atoms with Crippen molar-refractivity contribution < 1.29 is 9.53 Å². The van der Waals surface area contributed by atoms with Gasteiger partial charge in [0.2, 0.25) is 0 Å². The molecule has 0 saturated heterocycles. The molecule has 2 nitrogen and oxygen atoms in total. The van der Waals surface area contributed by atoms with Gasteiger partial charge in [0.05, 0.1) is 11.7 Å². The summed E-state index contributed by atoms with van der Waals surface area (Å²) in [6.07, 6.45) is 3.42. The fourth-order valence-electron chi connectivity index (χ4n) is 1.05. The van der Waals surface area contributed by atoms with Crippen molar-refractivity contribution in [3.63, 3.8) is 0 Å². The zero-order valence-electron chi connectivity index (χ0n) is 6.69. The van der Waals surface area contributed by atoms with Gasteiger partial charge in [-0.1, -0.05) is 12.1 Å². The van der Waals surface area contributed by atoms with E-state index in [0.717, 1.165) is 24.9 Å². The summed E-state index contributed by atoms with van der Waals surface area (Å²) in [5.74, 6) is 0.718. The largest absolute Gasteiger partial charge is 0.490 e. The third kappa shape index (κ3) is 1.47. The average molecular weight is 162 g/mol. The van der Waals surface area contributed by atoms with Gasteiger partial charge in [-0.25, -0.2) is 0 Å². The summed E-state index contributed by atoms with van der Waals surface area (Å²) in [6, 6.07) is 7.32. The van der Waals surface area contributed by atoms with Crippen LogP contribution in [0.5, 0.6) is 5.75 Å². The van der Waals surface area contributed by atoms with Crippen molar-refractivity contribution in [2.45, 2.75) is 18.9 Å². The second kappa shape index (κ2) is 2.97. The van der Waals surface area contributed by atoms with E-state index in [9.17, 15) is 4.79 Å². The molecule has 0 atom stereocenters. The van der Waals surface area contributed by atoms with Crippen molar-refractivity contribution >= 4 is 6.29 Å². The van der Waals surface area contributed by atoms with Crippen molar-refractivity contribution in [3.05, 3.63) is 29.8 Å². The first-order chi connectivity index (χ1) is 5.90. The first kappa shape index (κ1) is 7.35. The number of hydrogen-bond acceptors (Lipinski definition) is 2. The van der Waals surface area contributed by atoms with E-state index in [1.165, 1.54) is 0 Å². The van der Waals surface area contributed by atoms with Gasteiger partial charge < -0.3 is 4.74 Å². The molecule has 1 aromatic carbocycles. The molecule has 62 valence electrons.